The summed E-state index contributed by atoms with van der Waals surface area (Å²) in [5, 5.41) is 27.5. The molecule has 1 saturated carbocycles. The molecule has 0 amide bonds. The number of aryl methyl sites for hydroxylation is 2. The van der Waals surface area contributed by atoms with Crippen molar-refractivity contribution in [1.82, 2.24) is 9.78 Å². The van der Waals surface area contributed by atoms with Crippen molar-refractivity contribution >= 4 is 11.5 Å². The third-order valence-corrected chi connectivity index (χ3v) is 3.53. The number of aliphatic hydroxyl groups is 1. The summed E-state index contributed by atoms with van der Waals surface area (Å²) in [7, 11) is 1.69. The van der Waals surface area contributed by atoms with Gasteiger partial charge in [0.2, 0.25) is 5.82 Å². The molecule has 100 valence electrons. The van der Waals surface area contributed by atoms with Crippen LogP contribution in [0.2, 0.25) is 0 Å². The lowest BCUT2D eigenvalue weighted by molar-refractivity contribution is -0.384. The Morgan fingerprint density at radius 2 is 2.28 bits per heavy atom. The molecule has 1 fully saturated rings. The summed E-state index contributed by atoms with van der Waals surface area (Å²) < 4.78 is 1.50. The summed E-state index contributed by atoms with van der Waals surface area (Å²) in [6, 6.07) is 0. The van der Waals surface area contributed by atoms with Crippen LogP contribution >= 0.6 is 0 Å². The van der Waals surface area contributed by atoms with E-state index in [-0.39, 0.29) is 17.7 Å². The van der Waals surface area contributed by atoms with Crippen LogP contribution in [0.4, 0.5) is 11.5 Å². The number of hydrogen-bond acceptors (Lipinski definition) is 5. The van der Waals surface area contributed by atoms with Crippen LogP contribution in [-0.2, 0) is 13.5 Å². The van der Waals surface area contributed by atoms with Gasteiger partial charge in [-0.25, -0.2) is 4.68 Å². The van der Waals surface area contributed by atoms with Crippen LogP contribution in [0.1, 0.15) is 25.5 Å². The largest absolute Gasteiger partial charge is 0.396 e. The molecular weight excluding hydrogens is 236 g/mol. The average Bonchev–Trinajstić information content (AvgIpc) is 3.05. The van der Waals surface area contributed by atoms with E-state index < -0.39 is 4.92 Å². The van der Waals surface area contributed by atoms with Gasteiger partial charge in [-0.2, -0.15) is 5.10 Å². The molecule has 2 N–H and O–H groups in total. The summed E-state index contributed by atoms with van der Waals surface area (Å²) in [6.45, 7) is 2.51. The SMILES string of the molecule is CCc1nn(C)c(NCC2(CO)CC2)c1[N+](=O)[O-]. The van der Waals surface area contributed by atoms with Crippen LogP contribution in [0.5, 0.6) is 0 Å². The van der Waals surface area contributed by atoms with Crippen LogP contribution in [0, 0.1) is 15.5 Å². The highest BCUT2D eigenvalue weighted by atomic mass is 16.6. The summed E-state index contributed by atoms with van der Waals surface area (Å²) in [4.78, 5) is 10.7. The molecule has 1 aromatic heterocycles. The second-order valence-electron chi connectivity index (χ2n) is 4.89. The molecule has 0 radical (unpaired) electrons. The van der Waals surface area contributed by atoms with Gasteiger partial charge in [0.1, 0.15) is 5.69 Å². The highest BCUT2D eigenvalue weighted by Crippen LogP contribution is 2.45. The lowest BCUT2D eigenvalue weighted by Crippen LogP contribution is -2.20. The van der Waals surface area contributed by atoms with Crippen LogP contribution < -0.4 is 5.32 Å². The van der Waals surface area contributed by atoms with E-state index in [0.29, 0.717) is 24.5 Å². The Balaban J connectivity index is 2.21. The van der Waals surface area contributed by atoms with Gasteiger partial charge in [0.25, 0.3) is 0 Å². The van der Waals surface area contributed by atoms with E-state index in [9.17, 15) is 15.2 Å². The van der Waals surface area contributed by atoms with Crippen molar-refractivity contribution in [1.29, 1.82) is 0 Å². The Bertz CT molecular complexity index is 465. The zero-order valence-corrected chi connectivity index (χ0v) is 10.6. The normalized spacial score (nSPS) is 16.6. The number of nitro groups is 1. The number of nitrogens with zero attached hydrogens (tertiary/aromatic N) is 3. The molecule has 1 aliphatic carbocycles. The first kappa shape index (κ1) is 12.8. The van der Waals surface area contributed by atoms with E-state index in [2.05, 4.69) is 10.4 Å². The zero-order chi connectivity index (χ0) is 13.3. The number of aromatic nitrogens is 2. The predicted octanol–water partition coefficient (Wildman–Crippen LogP) is 1.08. The molecule has 1 aromatic rings. The van der Waals surface area contributed by atoms with E-state index in [1.165, 1.54) is 4.68 Å². The Labute approximate surface area is 105 Å². The van der Waals surface area contributed by atoms with E-state index in [1.54, 1.807) is 7.05 Å². The van der Waals surface area contributed by atoms with Crippen molar-refractivity contribution < 1.29 is 10.0 Å². The van der Waals surface area contributed by atoms with Gasteiger partial charge >= 0.3 is 5.69 Å². The zero-order valence-electron chi connectivity index (χ0n) is 10.6. The van der Waals surface area contributed by atoms with Crippen LogP contribution in [0.15, 0.2) is 0 Å². The second kappa shape index (κ2) is 4.56. The van der Waals surface area contributed by atoms with E-state index in [1.807, 2.05) is 6.92 Å². The molecule has 0 saturated heterocycles. The van der Waals surface area contributed by atoms with E-state index in [0.717, 1.165) is 12.8 Å². The third-order valence-electron chi connectivity index (χ3n) is 3.53. The van der Waals surface area contributed by atoms with E-state index in [4.69, 9.17) is 0 Å². The first-order valence-corrected chi connectivity index (χ1v) is 6.08. The van der Waals surface area contributed by atoms with E-state index >= 15 is 0 Å². The molecule has 0 aromatic carbocycles. The molecule has 0 unspecified atom stereocenters. The fraction of sp³-hybridized carbons (Fsp3) is 0.727. The van der Waals surface area contributed by atoms with Gasteiger partial charge in [-0.3, -0.25) is 10.1 Å². The standard InChI is InChI=1S/C11H18N4O3/c1-3-8-9(15(17)18)10(14(2)13-8)12-6-11(7-16)4-5-11/h12,16H,3-7H2,1-2H3. The lowest BCUT2D eigenvalue weighted by Gasteiger charge is -2.13. The molecule has 0 aliphatic heterocycles. The van der Waals surface area contributed by atoms with Gasteiger partial charge in [-0.1, -0.05) is 6.92 Å². The smallest absolute Gasteiger partial charge is 0.333 e. The Morgan fingerprint density at radius 3 is 2.72 bits per heavy atom. The van der Waals surface area contributed by atoms with Crippen molar-refractivity contribution in [2.75, 3.05) is 18.5 Å². The molecule has 7 nitrogen and oxygen atoms in total. The fourth-order valence-corrected chi connectivity index (χ4v) is 2.04. The summed E-state index contributed by atoms with van der Waals surface area (Å²) in [5.41, 5.74) is 0.442. The highest BCUT2D eigenvalue weighted by Gasteiger charge is 2.42. The maximum Gasteiger partial charge on any atom is 0.333 e. The molecule has 0 bridgehead atoms. The maximum atomic E-state index is 11.1. The summed E-state index contributed by atoms with van der Waals surface area (Å²) in [6.07, 6.45) is 2.45. The van der Waals surface area contributed by atoms with Gasteiger partial charge in [0, 0.05) is 19.0 Å². The molecule has 2 rings (SSSR count). The fourth-order valence-electron chi connectivity index (χ4n) is 2.04. The van der Waals surface area contributed by atoms with Gasteiger partial charge in [0.15, 0.2) is 0 Å². The summed E-state index contributed by atoms with van der Waals surface area (Å²) in [5.74, 6) is 0.427. The van der Waals surface area contributed by atoms with Gasteiger partial charge in [0.05, 0.1) is 11.5 Å². The van der Waals surface area contributed by atoms with Crippen molar-refractivity contribution in [2.45, 2.75) is 26.2 Å². The average molecular weight is 254 g/mol. The third kappa shape index (κ3) is 2.17. The summed E-state index contributed by atoms with van der Waals surface area (Å²) >= 11 is 0. The van der Waals surface area contributed by atoms with Gasteiger partial charge < -0.3 is 10.4 Å². The van der Waals surface area contributed by atoms with Gasteiger partial charge in [-0.15, -0.1) is 0 Å². The second-order valence-corrected chi connectivity index (χ2v) is 4.89. The van der Waals surface area contributed by atoms with Crippen LogP contribution in [0.3, 0.4) is 0 Å². The quantitative estimate of drug-likeness (QED) is 0.585. The molecule has 1 aliphatic rings. The molecule has 18 heavy (non-hydrogen) atoms. The van der Waals surface area contributed by atoms with Crippen molar-refractivity contribution in [3.8, 4) is 0 Å². The van der Waals surface area contributed by atoms with Gasteiger partial charge in [-0.05, 0) is 19.3 Å². The molecule has 1 heterocycles. The highest BCUT2D eigenvalue weighted by molar-refractivity contribution is 5.60. The Morgan fingerprint density at radius 1 is 1.61 bits per heavy atom. The number of rotatable bonds is 6. The Hall–Kier alpha value is -1.63. The monoisotopic (exact) mass is 254 g/mol. The minimum Gasteiger partial charge on any atom is -0.396 e. The lowest BCUT2D eigenvalue weighted by atomic mass is 10.1. The maximum absolute atomic E-state index is 11.1. The predicted molar refractivity (Wildman–Crippen MR) is 66.5 cm³/mol. The number of hydrogen-bond donors (Lipinski definition) is 2. The number of anilines is 1. The number of nitrogens with one attached hydrogen (secondary N) is 1. The first-order valence-electron chi connectivity index (χ1n) is 6.08. The van der Waals surface area contributed by atoms with Crippen LogP contribution in [0.25, 0.3) is 0 Å². The minimum absolute atomic E-state index is 0.0498. The molecule has 7 heteroatoms. The topological polar surface area (TPSA) is 93.2 Å². The first-order chi connectivity index (χ1) is 8.53. The van der Waals surface area contributed by atoms with Crippen molar-refractivity contribution in [3.05, 3.63) is 15.8 Å². The molecule has 0 atom stereocenters. The molecule has 0 spiro atoms. The Kier molecular flexibility index (Phi) is 3.25. The van der Waals surface area contributed by atoms with Crippen molar-refractivity contribution in [2.24, 2.45) is 12.5 Å². The van der Waals surface area contributed by atoms with Crippen molar-refractivity contribution in [3.63, 3.8) is 0 Å². The van der Waals surface area contributed by atoms with Crippen LogP contribution in [-0.4, -0.2) is 33.0 Å². The number of aliphatic hydroxyl groups excluding tert-OH is 1. The minimum atomic E-state index is -0.396. The molecular formula is C11H18N4O3.